The second-order valence-electron chi connectivity index (χ2n) is 4.48. The normalized spacial score (nSPS) is 12.2. The van der Waals surface area contributed by atoms with E-state index in [0.717, 1.165) is 5.56 Å². The van der Waals surface area contributed by atoms with E-state index in [4.69, 9.17) is 5.73 Å². The molecule has 0 aliphatic carbocycles. The Balaban J connectivity index is 2.25. The molecule has 0 amide bonds. The van der Waals surface area contributed by atoms with Crippen molar-refractivity contribution >= 4 is 5.69 Å². The fourth-order valence-corrected chi connectivity index (χ4v) is 2.05. The average molecular weight is 241 g/mol. The lowest BCUT2D eigenvalue weighted by atomic mass is 10.1. The Hall–Kier alpha value is -1.87. The molecule has 94 valence electrons. The van der Waals surface area contributed by atoms with E-state index in [2.05, 4.69) is 54.2 Å². The average Bonchev–Trinajstić information content (AvgIpc) is 2.41. The van der Waals surface area contributed by atoms with Gasteiger partial charge in [-0.05, 0) is 30.7 Å². The van der Waals surface area contributed by atoms with Gasteiger partial charge in [0.1, 0.15) is 0 Å². The summed E-state index contributed by atoms with van der Waals surface area (Å²) in [6.07, 6.45) is 3.66. The topological polar surface area (TPSA) is 42.1 Å². The van der Waals surface area contributed by atoms with E-state index in [9.17, 15) is 0 Å². The highest BCUT2D eigenvalue weighted by Gasteiger charge is 2.15. The number of pyridine rings is 1. The van der Waals surface area contributed by atoms with Gasteiger partial charge in [-0.2, -0.15) is 0 Å². The van der Waals surface area contributed by atoms with Crippen molar-refractivity contribution in [2.45, 2.75) is 13.0 Å². The standard InChI is InChI=1S/C15H19N3/c1-12-5-7-14(8-6-12)18(2)15(10-16)13-4-3-9-17-11-13/h3-9,11,15H,10,16H2,1-2H3. The van der Waals surface area contributed by atoms with E-state index in [1.807, 2.05) is 12.3 Å². The van der Waals surface area contributed by atoms with E-state index < -0.39 is 0 Å². The van der Waals surface area contributed by atoms with Crippen LogP contribution in [0.5, 0.6) is 0 Å². The van der Waals surface area contributed by atoms with Gasteiger partial charge in [0.2, 0.25) is 0 Å². The lowest BCUT2D eigenvalue weighted by Crippen LogP contribution is -2.30. The van der Waals surface area contributed by atoms with E-state index in [-0.39, 0.29) is 6.04 Å². The third kappa shape index (κ3) is 2.68. The van der Waals surface area contributed by atoms with Crippen molar-refractivity contribution in [2.24, 2.45) is 5.73 Å². The number of hydrogen-bond donors (Lipinski definition) is 1. The van der Waals surface area contributed by atoms with Crippen molar-refractivity contribution in [1.82, 2.24) is 4.98 Å². The maximum Gasteiger partial charge on any atom is 0.0676 e. The predicted molar refractivity (Wildman–Crippen MR) is 75.6 cm³/mol. The van der Waals surface area contributed by atoms with E-state index in [0.29, 0.717) is 6.54 Å². The van der Waals surface area contributed by atoms with Crippen molar-refractivity contribution in [2.75, 3.05) is 18.5 Å². The molecule has 2 N–H and O–H groups in total. The van der Waals surface area contributed by atoms with E-state index in [1.165, 1.54) is 11.3 Å². The van der Waals surface area contributed by atoms with Crippen molar-refractivity contribution in [3.05, 3.63) is 59.9 Å². The van der Waals surface area contributed by atoms with Crippen LogP contribution in [0.1, 0.15) is 17.2 Å². The van der Waals surface area contributed by atoms with Gasteiger partial charge in [0, 0.05) is 31.7 Å². The fraction of sp³-hybridized carbons (Fsp3) is 0.267. The Morgan fingerprint density at radius 2 is 1.94 bits per heavy atom. The minimum Gasteiger partial charge on any atom is -0.366 e. The molecule has 3 nitrogen and oxygen atoms in total. The highest BCUT2D eigenvalue weighted by molar-refractivity contribution is 5.49. The maximum absolute atomic E-state index is 5.90. The number of nitrogens with zero attached hydrogens (tertiary/aromatic N) is 2. The molecule has 1 atom stereocenters. The number of hydrogen-bond acceptors (Lipinski definition) is 3. The summed E-state index contributed by atoms with van der Waals surface area (Å²) in [7, 11) is 2.06. The van der Waals surface area contributed by atoms with Crippen LogP contribution >= 0.6 is 0 Å². The number of benzene rings is 1. The van der Waals surface area contributed by atoms with Gasteiger partial charge < -0.3 is 10.6 Å². The maximum atomic E-state index is 5.90. The Morgan fingerprint density at radius 1 is 1.22 bits per heavy atom. The van der Waals surface area contributed by atoms with E-state index in [1.54, 1.807) is 6.20 Å². The minimum atomic E-state index is 0.154. The summed E-state index contributed by atoms with van der Waals surface area (Å²) in [5.41, 5.74) is 9.47. The van der Waals surface area contributed by atoms with Gasteiger partial charge in [-0.3, -0.25) is 4.98 Å². The summed E-state index contributed by atoms with van der Waals surface area (Å²) in [6, 6.07) is 12.6. The van der Waals surface area contributed by atoms with Crippen LogP contribution in [0.15, 0.2) is 48.8 Å². The Labute approximate surface area is 108 Å². The van der Waals surface area contributed by atoms with Crippen molar-refractivity contribution in [3.8, 4) is 0 Å². The van der Waals surface area contributed by atoms with Gasteiger partial charge in [-0.15, -0.1) is 0 Å². The first-order valence-corrected chi connectivity index (χ1v) is 6.12. The van der Waals surface area contributed by atoms with Gasteiger partial charge in [0.15, 0.2) is 0 Å². The smallest absolute Gasteiger partial charge is 0.0676 e. The van der Waals surface area contributed by atoms with Gasteiger partial charge in [-0.25, -0.2) is 0 Å². The molecule has 0 aliphatic rings. The Kier molecular flexibility index (Phi) is 3.95. The van der Waals surface area contributed by atoms with Crippen molar-refractivity contribution < 1.29 is 0 Å². The molecule has 1 aromatic heterocycles. The molecular formula is C15H19N3. The van der Waals surface area contributed by atoms with Gasteiger partial charge in [0.25, 0.3) is 0 Å². The first kappa shape index (κ1) is 12.6. The minimum absolute atomic E-state index is 0.154. The number of rotatable bonds is 4. The number of aryl methyl sites for hydroxylation is 1. The van der Waals surface area contributed by atoms with Crippen LogP contribution in [-0.2, 0) is 0 Å². The second-order valence-corrected chi connectivity index (χ2v) is 4.48. The zero-order valence-corrected chi connectivity index (χ0v) is 10.9. The zero-order valence-electron chi connectivity index (χ0n) is 10.9. The van der Waals surface area contributed by atoms with Crippen LogP contribution in [0.25, 0.3) is 0 Å². The fourth-order valence-electron chi connectivity index (χ4n) is 2.05. The molecule has 1 aromatic carbocycles. The molecule has 0 bridgehead atoms. The summed E-state index contributed by atoms with van der Waals surface area (Å²) in [4.78, 5) is 6.35. The molecule has 0 saturated carbocycles. The van der Waals surface area contributed by atoms with E-state index >= 15 is 0 Å². The molecule has 1 unspecified atom stereocenters. The molecule has 2 rings (SSSR count). The lowest BCUT2D eigenvalue weighted by Gasteiger charge is -2.29. The van der Waals surface area contributed by atoms with Crippen molar-refractivity contribution in [1.29, 1.82) is 0 Å². The van der Waals surface area contributed by atoms with Gasteiger partial charge >= 0.3 is 0 Å². The first-order chi connectivity index (χ1) is 8.72. The van der Waals surface area contributed by atoms with Crippen LogP contribution in [-0.4, -0.2) is 18.6 Å². The molecule has 0 fully saturated rings. The third-order valence-electron chi connectivity index (χ3n) is 3.20. The number of anilines is 1. The highest BCUT2D eigenvalue weighted by atomic mass is 15.1. The Bertz CT molecular complexity index is 479. The van der Waals surface area contributed by atoms with Crippen molar-refractivity contribution in [3.63, 3.8) is 0 Å². The number of nitrogens with two attached hydrogens (primary N) is 1. The summed E-state index contributed by atoms with van der Waals surface area (Å²) in [5, 5.41) is 0. The molecule has 0 saturated heterocycles. The third-order valence-corrected chi connectivity index (χ3v) is 3.20. The monoisotopic (exact) mass is 241 g/mol. The number of likely N-dealkylation sites (N-methyl/N-ethyl adjacent to an activating group) is 1. The SMILES string of the molecule is Cc1ccc(N(C)C(CN)c2cccnc2)cc1. The lowest BCUT2D eigenvalue weighted by molar-refractivity contribution is 0.678. The predicted octanol–water partition coefficient (Wildman–Crippen LogP) is 2.53. The molecule has 18 heavy (non-hydrogen) atoms. The zero-order chi connectivity index (χ0) is 13.0. The summed E-state index contributed by atoms with van der Waals surface area (Å²) >= 11 is 0. The molecular weight excluding hydrogens is 222 g/mol. The van der Waals surface area contributed by atoms with Crippen LogP contribution in [0.4, 0.5) is 5.69 Å². The second kappa shape index (κ2) is 5.65. The van der Waals surface area contributed by atoms with Crippen LogP contribution in [0.2, 0.25) is 0 Å². The molecule has 0 spiro atoms. The first-order valence-electron chi connectivity index (χ1n) is 6.12. The molecule has 1 heterocycles. The van der Waals surface area contributed by atoms with Gasteiger partial charge in [-0.1, -0.05) is 23.8 Å². The molecule has 0 aliphatic heterocycles. The van der Waals surface area contributed by atoms with Gasteiger partial charge in [0.05, 0.1) is 6.04 Å². The van der Waals surface area contributed by atoms with Crippen LogP contribution in [0, 0.1) is 6.92 Å². The summed E-state index contributed by atoms with van der Waals surface area (Å²) in [6.45, 7) is 2.65. The quantitative estimate of drug-likeness (QED) is 0.894. The molecule has 2 aromatic rings. The highest BCUT2D eigenvalue weighted by Crippen LogP contribution is 2.24. The molecule has 3 heteroatoms. The van der Waals surface area contributed by atoms with Crippen LogP contribution in [0.3, 0.4) is 0 Å². The Morgan fingerprint density at radius 3 is 2.50 bits per heavy atom. The summed E-state index contributed by atoms with van der Waals surface area (Å²) < 4.78 is 0. The number of aromatic nitrogens is 1. The molecule has 0 radical (unpaired) electrons. The largest absolute Gasteiger partial charge is 0.366 e. The summed E-state index contributed by atoms with van der Waals surface area (Å²) in [5.74, 6) is 0. The van der Waals surface area contributed by atoms with Crippen LogP contribution < -0.4 is 10.6 Å².